The second-order valence-corrected chi connectivity index (χ2v) is 4.34. The number of ether oxygens (including phenoxy) is 1. The molecule has 1 rings (SSSR count). The van der Waals surface area contributed by atoms with Crippen LogP contribution in [0.2, 0.25) is 0 Å². The number of aromatic nitrogens is 2. The Hall–Kier alpha value is -2.43. The highest BCUT2D eigenvalue weighted by Crippen LogP contribution is 2.35. The Balaban J connectivity index is 3.59. The van der Waals surface area contributed by atoms with Crippen molar-refractivity contribution in [3.05, 3.63) is 21.5 Å². The van der Waals surface area contributed by atoms with Crippen molar-refractivity contribution in [2.24, 2.45) is 7.05 Å². The molecule has 1 aromatic rings. The lowest BCUT2D eigenvalue weighted by Gasteiger charge is -2.18. The average Bonchev–Trinajstić information content (AvgIpc) is 2.75. The highest BCUT2D eigenvalue weighted by Gasteiger charge is 2.47. The minimum atomic E-state index is -1.77. The van der Waals surface area contributed by atoms with Gasteiger partial charge >= 0.3 is 11.7 Å². The molecule has 0 aliphatic rings. The highest BCUT2D eigenvalue weighted by atomic mass is 16.6. The largest absolute Gasteiger partial charge is 0.465 e. The Bertz CT molecular complexity index is 587. The van der Waals surface area contributed by atoms with E-state index in [1.54, 1.807) is 13.8 Å². The molecule has 0 N–H and O–H groups in total. The fourth-order valence-corrected chi connectivity index (χ4v) is 2.03. The van der Waals surface area contributed by atoms with Crippen LogP contribution < -0.4 is 0 Å². The van der Waals surface area contributed by atoms with E-state index >= 15 is 0 Å². The maximum Gasteiger partial charge on any atom is 0.332 e. The Labute approximate surface area is 116 Å². The van der Waals surface area contributed by atoms with Crippen molar-refractivity contribution in [2.45, 2.75) is 32.6 Å². The molecule has 0 amide bonds. The van der Waals surface area contributed by atoms with E-state index in [1.807, 2.05) is 6.07 Å². The maximum atomic E-state index is 12.0. The number of nitrogens with zero attached hydrogens (tertiary/aromatic N) is 4. The van der Waals surface area contributed by atoms with E-state index < -0.39 is 16.3 Å². The summed E-state index contributed by atoms with van der Waals surface area (Å²) in [4.78, 5) is 22.6. The first-order valence-corrected chi connectivity index (χ1v) is 6.12. The van der Waals surface area contributed by atoms with E-state index in [4.69, 9.17) is 4.74 Å². The molecule has 0 aliphatic carbocycles. The van der Waals surface area contributed by atoms with Crippen LogP contribution >= 0.6 is 0 Å². The molecule has 0 fully saturated rings. The van der Waals surface area contributed by atoms with Crippen LogP contribution in [0.3, 0.4) is 0 Å². The van der Waals surface area contributed by atoms with Crippen molar-refractivity contribution in [1.29, 1.82) is 5.26 Å². The molecule has 1 heterocycles. The molecule has 0 spiro atoms. The standard InChI is InChI=1S/C12H16N4O4/c1-5-8-9(16(18)19)10(15(4)14-8)12(3,7-13)11(17)20-6-2/h5-6H2,1-4H3. The minimum Gasteiger partial charge on any atom is -0.465 e. The third kappa shape index (κ3) is 2.34. The molecule has 0 bridgehead atoms. The van der Waals surface area contributed by atoms with Gasteiger partial charge in [0, 0.05) is 7.05 Å². The van der Waals surface area contributed by atoms with Crippen LogP contribution in [0.1, 0.15) is 32.2 Å². The number of carbonyl (C=O) groups excluding carboxylic acids is 1. The molecule has 0 saturated heterocycles. The van der Waals surface area contributed by atoms with Crippen LogP contribution in [0.5, 0.6) is 0 Å². The Morgan fingerprint density at radius 3 is 2.60 bits per heavy atom. The summed E-state index contributed by atoms with van der Waals surface area (Å²) < 4.78 is 6.07. The van der Waals surface area contributed by atoms with Crippen LogP contribution in [0.25, 0.3) is 0 Å². The van der Waals surface area contributed by atoms with Crippen molar-refractivity contribution in [1.82, 2.24) is 9.78 Å². The lowest BCUT2D eigenvalue weighted by molar-refractivity contribution is -0.386. The summed E-state index contributed by atoms with van der Waals surface area (Å²) in [7, 11) is 1.47. The van der Waals surface area contributed by atoms with Crippen LogP contribution in [0.15, 0.2) is 0 Å². The summed E-state index contributed by atoms with van der Waals surface area (Å²) in [5.41, 5.74) is -1.89. The Morgan fingerprint density at radius 2 is 2.20 bits per heavy atom. The summed E-state index contributed by atoms with van der Waals surface area (Å²) >= 11 is 0. The highest BCUT2D eigenvalue weighted by molar-refractivity contribution is 5.87. The third-order valence-corrected chi connectivity index (χ3v) is 2.99. The van der Waals surface area contributed by atoms with Gasteiger partial charge in [0.25, 0.3) is 0 Å². The number of esters is 1. The lowest BCUT2D eigenvalue weighted by atomic mass is 9.87. The van der Waals surface area contributed by atoms with Gasteiger partial charge in [-0.3, -0.25) is 14.8 Å². The molecule has 8 nitrogen and oxygen atoms in total. The summed E-state index contributed by atoms with van der Waals surface area (Å²) in [6.45, 7) is 4.70. The second-order valence-electron chi connectivity index (χ2n) is 4.34. The van der Waals surface area contributed by atoms with Gasteiger partial charge in [0.1, 0.15) is 11.4 Å². The normalized spacial score (nSPS) is 13.3. The third-order valence-electron chi connectivity index (χ3n) is 2.99. The van der Waals surface area contributed by atoms with Crippen molar-refractivity contribution >= 4 is 11.7 Å². The molecule has 1 atom stereocenters. The van der Waals surface area contributed by atoms with Crippen molar-refractivity contribution in [2.75, 3.05) is 6.61 Å². The van der Waals surface area contributed by atoms with Gasteiger partial charge in [-0.2, -0.15) is 10.4 Å². The van der Waals surface area contributed by atoms with E-state index in [-0.39, 0.29) is 23.7 Å². The summed E-state index contributed by atoms with van der Waals surface area (Å²) in [5, 5.41) is 24.6. The van der Waals surface area contributed by atoms with Crippen molar-refractivity contribution in [3.8, 4) is 6.07 Å². The second kappa shape index (κ2) is 5.69. The van der Waals surface area contributed by atoms with Gasteiger partial charge in [-0.1, -0.05) is 6.92 Å². The van der Waals surface area contributed by atoms with Gasteiger partial charge in [0.05, 0.1) is 17.6 Å². The quantitative estimate of drug-likeness (QED) is 0.455. The molecule has 1 aromatic heterocycles. The topological polar surface area (TPSA) is 111 Å². The Morgan fingerprint density at radius 1 is 1.60 bits per heavy atom. The number of aryl methyl sites for hydroxylation is 2. The van der Waals surface area contributed by atoms with Gasteiger partial charge in [0.15, 0.2) is 5.41 Å². The Kier molecular flexibility index (Phi) is 4.45. The SMILES string of the molecule is CCOC(=O)C(C)(C#N)c1c([N+](=O)[O-])c(CC)nn1C. The van der Waals surface area contributed by atoms with Crippen molar-refractivity contribution in [3.63, 3.8) is 0 Å². The predicted octanol–water partition coefficient (Wildman–Crippen LogP) is 1.24. The number of rotatable bonds is 5. The van der Waals surface area contributed by atoms with Gasteiger partial charge in [-0.05, 0) is 20.3 Å². The average molecular weight is 280 g/mol. The molecule has 0 aliphatic heterocycles. The maximum absolute atomic E-state index is 12.0. The zero-order valence-corrected chi connectivity index (χ0v) is 11.8. The van der Waals surface area contributed by atoms with Crippen LogP contribution in [-0.4, -0.2) is 27.3 Å². The van der Waals surface area contributed by atoms with Crippen LogP contribution in [0, 0.1) is 21.4 Å². The molecule has 0 radical (unpaired) electrons. The molecule has 8 heteroatoms. The summed E-state index contributed by atoms with van der Waals surface area (Å²) in [6.07, 6.45) is 0.328. The molecule has 20 heavy (non-hydrogen) atoms. The molecule has 1 unspecified atom stereocenters. The van der Waals surface area contributed by atoms with Crippen LogP contribution in [-0.2, 0) is 28.4 Å². The van der Waals surface area contributed by atoms with E-state index in [1.165, 1.54) is 18.7 Å². The van der Waals surface area contributed by atoms with E-state index in [2.05, 4.69) is 5.10 Å². The number of hydrogen-bond donors (Lipinski definition) is 0. The monoisotopic (exact) mass is 280 g/mol. The number of nitro groups is 1. The van der Waals surface area contributed by atoms with Crippen LogP contribution in [0.4, 0.5) is 5.69 Å². The number of carbonyl (C=O) groups is 1. The van der Waals surface area contributed by atoms with Gasteiger partial charge in [0.2, 0.25) is 0 Å². The first-order chi connectivity index (χ1) is 9.33. The zero-order chi connectivity index (χ0) is 15.5. The molecule has 108 valence electrons. The first-order valence-electron chi connectivity index (χ1n) is 6.12. The molecular weight excluding hydrogens is 264 g/mol. The number of nitriles is 1. The smallest absolute Gasteiger partial charge is 0.332 e. The fourth-order valence-electron chi connectivity index (χ4n) is 2.03. The minimum absolute atomic E-state index is 0.0553. The van der Waals surface area contributed by atoms with E-state index in [0.29, 0.717) is 6.42 Å². The molecular formula is C12H16N4O4. The first kappa shape index (κ1) is 15.6. The predicted molar refractivity (Wildman–Crippen MR) is 68.8 cm³/mol. The van der Waals surface area contributed by atoms with Gasteiger partial charge in [-0.15, -0.1) is 0 Å². The summed E-state index contributed by atoms with van der Waals surface area (Å²) in [6, 6.07) is 1.81. The summed E-state index contributed by atoms with van der Waals surface area (Å²) in [5.74, 6) is -0.823. The van der Waals surface area contributed by atoms with Crippen molar-refractivity contribution < 1.29 is 14.5 Å². The van der Waals surface area contributed by atoms with E-state index in [0.717, 1.165) is 0 Å². The number of hydrogen-bond acceptors (Lipinski definition) is 6. The molecule has 0 saturated carbocycles. The zero-order valence-electron chi connectivity index (χ0n) is 11.8. The molecule has 0 aromatic carbocycles. The van der Waals surface area contributed by atoms with Gasteiger partial charge in [-0.25, -0.2) is 4.79 Å². The van der Waals surface area contributed by atoms with Gasteiger partial charge < -0.3 is 4.74 Å². The van der Waals surface area contributed by atoms with E-state index in [9.17, 15) is 20.2 Å². The fraction of sp³-hybridized carbons (Fsp3) is 0.583. The lowest BCUT2D eigenvalue weighted by Crippen LogP contribution is -2.35.